The average molecular weight is 398 g/mol. The van der Waals surface area contributed by atoms with Crippen LogP contribution in [0.25, 0.3) is 0 Å². The zero-order chi connectivity index (χ0) is 21.8. The molecule has 0 aromatic carbocycles. The average Bonchev–Trinajstić information content (AvgIpc) is 2.38. The molecule has 6 heteroatoms. The van der Waals surface area contributed by atoms with E-state index in [1.54, 1.807) is 34.6 Å². The molecule has 1 N–H and O–H groups in total. The molecule has 0 aromatic rings. The lowest BCUT2D eigenvalue weighted by atomic mass is 9.99. The molecule has 0 radical (unpaired) electrons. The highest BCUT2D eigenvalue weighted by Crippen LogP contribution is 2.40. The van der Waals surface area contributed by atoms with E-state index in [2.05, 4.69) is 53.1 Å². The largest absolute Gasteiger partial charge is 0.464 e. The van der Waals surface area contributed by atoms with Crippen LogP contribution in [0, 0.1) is 11.6 Å². The van der Waals surface area contributed by atoms with Gasteiger partial charge in [0, 0.05) is 6.04 Å². The minimum Gasteiger partial charge on any atom is -0.464 e. The molecule has 156 valence electrons. The van der Waals surface area contributed by atoms with Crippen molar-refractivity contribution in [2.24, 2.45) is 0 Å². The minimum absolute atomic E-state index is 0.0508. The van der Waals surface area contributed by atoms with E-state index < -0.39 is 31.3 Å². The fraction of sp³-hybridized carbons (Fsp3) is 0.810. The lowest BCUT2D eigenvalue weighted by molar-refractivity contribution is -0.156. The number of amides is 1. The number of hydrogen-bond donors (Lipinski definition) is 1. The van der Waals surface area contributed by atoms with Crippen molar-refractivity contribution in [1.29, 1.82) is 0 Å². The van der Waals surface area contributed by atoms with Gasteiger partial charge in [-0.15, -0.1) is 5.54 Å². The van der Waals surface area contributed by atoms with Crippen molar-refractivity contribution in [3.63, 3.8) is 0 Å². The first kappa shape index (κ1) is 25.5. The molecule has 0 unspecified atom stereocenters. The maximum absolute atomic E-state index is 12.2. The van der Waals surface area contributed by atoms with E-state index in [1.807, 2.05) is 0 Å². The first-order valence-electron chi connectivity index (χ1n) is 9.75. The van der Waals surface area contributed by atoms with Crippen LogP contribution in [0.3, 0.4) is 0 Å². The zero-order valence-electron chi connectivity index (χ0n) is 19.1. The number of carboxylic acid groups (broad SMARTS) is 1. The first-order chi connectivity index (χ1) is 12.0. The Morgan fingerprint density at radius 2 is 1.37 bits per heavy atom. The number of ether oxygens (including phenoxy) is 1. The number of rotatable bonds is 6. The van der Waals surface area contributed by atoms with Crippen molar-refractivity contribution in [2.45, 2.75) is 110 Å². The Balaban J connectivity index is 5.92. The molecule has 0 rings (SSSR count). The van der Waals surface area contributed by atoms with Crippen LogP contribution in [0.1, 0.15) is 82.6 Å². The first-order valence-corrected chi connectivity index (χ1v) is 12.0. The number of nitrogens with zero attached hydrogens (tertiary/aromatic N) is 1. The molecule has 0 fully saturated rings. The molecule has 0 saturated carbocycles. The summed E-state index contributed by atoms with van der Waals surface area (Å²) in [6.07, 6.45) is -1.19. The van der Waals surface area contributed by atoms with Crippen LogP contribution in [0.2, 0.25) is 16.6 Å². The lowest BCUT2D eigenvalue weighted by Crippen LogP contribution is -2.48. The Kier molecular flexibility index (Phi) is 8.64. The Hall–Kier alpha value is -1.48. The maximum Gasteiger partial charge on any atom is 0.419 e. The second-order valence-corrected chi connectivity index (χ2v) is 15.4. The summed E-state index contributed by atoms with van der Waals surface area (Å²) < 4.78 is 5.37. The third-order valence-corrected chi connectivity index (χ3v) is 11.3. The fourth-order valence-corrected chi connectivity index (χ4v) is 9.03. The van der Waals surface area contributed by atoms with Gasteiger partial charge in [0.25, 0.3) is 0 Å². The summed E-state index contributed by atoms with van der Waals surface area (Å²) in [4.78, 5) is 25.3. The molecular weight excluding hydrogens is 358 g/mol. The van der Waals surface area contributed by atoms with E-state index in [4.69, 9.17) is 4.74 Å². The molecule has 0 saturated heterocycles. The van der Waals surface area contributed by atoms with Crippen molar-refractivity contribution in [3.05, 3.63) is 0 Å². The topological polar surface area (TPSA) is 66.8 Å². The monoisotopic (exact) mass is 397 g/mol. The van der Waals surface area contributed by atoms with Gasteiger partial charge >= 0.3 is 12.1 Å². The van der Waals surface area contributed by atoms with Crippen LogP contribution >= 0.6 is 0 Å². The van der Waals surface area contributed by atoms with E-state index in [1.165, 1.54) is 0 Å². The summed E-state index contributed by atoms with van der Waals surface area (Å²) in [7, 11) is -2.08. The predicted octanol–water partition coefficient (Wildman–Crippen LogP) is 5.66. The standard InChI is InChI=1S/C21H39NO4Si/c1-15(2)27(16(3)4,17(5)6)13-12-22(19(24)25)21(10,11)14-18(23)26-20(7,8)9/h15-17H,14H2,1-11H3,(H,24,25). The molecule has 0 aliphatic carbocycles. The third-order valence-electron chi connectivity index (χ3n) is 5.04. The van der Waals surface area contributed by atoms with E-state index in [0.29, 0.717) is 16.6 Å². The van der Waals surface area contributed by atoms with Gasteiger partial charge in [-0.1, -0.05) is 41.5 Å². The summed E-state index contributed by atoms with van der Waals surface area (Å²) >= 11 is 0. The normalized spacial score (nSPS) is 12.8. The molecule has 0 aliphatic rings. The van der Waals surface area contributed by atoms with Gasteiger partial charge in [-0.2, -0.15) is 0 Å². The molecular formula is C21H39NO4Si. The smallest absolute Gasteiger partial charge is 0.419 e. The molecule has 0 atom stereocenters. The van der Waals surface area contributed by atoms with Gasteiger partial charge < -0.3 is 9.84 Å². The predicted molar refractivity (Wildman–Crippen MR) is 113 cm³/mol. The lowest BCUT2D eigenvalue weighted by Gasteiger charge is -2.38. The Morgan fingerprint density at radius 3 is 1.67 bits per heavy atom. The van der Waals surface area contributed by atoms with Crippen molar-refractivity contribution in [2.75, 3.05) is 0 Å². The molecule has 1 amide bonds. The van der Waals surface area contributed by atoms with Crippen molar-refractivity contribution in [3.8, 4) is 11.6 Å². The molecule has 0 spiro atoms. The SMILES string of the molecule is CC(C)[Si](C#CN(C(=O)O)C(C)(C)CC(=O)OC(C)(C)C)(C(C)C)C(C)C. The summed E-state index contributed by atoms with van der Waals surface area (Å²) in [5, 5.41) is 9.75. The summed E-state index contributed by atoms with van der Waals surface area (Å²) in [5.74, 6) is -0.430. The zero-order valence-corrected chi connectivity index (χ0v) is 20.1. The van der Waals surface area contributed by atoms with Crippen LogP contribution in [0.4, 0.5) is 4.79 Å². The van der Waals surface area contributed by atoms with Crippen LogP contribution in [-0.2, 0) is 9.53 Å². The maximum atomic E-state index is 12.2. The van der Waals surface area contributed by atoms with E-state index >= 15 is 0 Å². The molecule has 0 aromatic heterocycles. The van der Waals surface area contributed by atoms with Gasteiger partial charge in [-0.3, -0.25) is 4.79 Å². The van der Waals surface area contributed by atoms with Gasteiger partial charge in [0.2, 0.25) is 0 Å². The van der Waals surface area contributed by atoms with Crippen LogP contribution < -0.4 is 0 Å². The second-order valence-electron chi connectivity index (χ2n) is 9.83. The number of hydrogen-bond acceptors (Lipinski definition) is 3. The number of carbonyl (C=O) groups is 2. The van der Waals surface area contributed by atoms with Crippen LogP contribution in [0.15, 0.2) is 0 Å². The number of esters is 1. The fourth-order valence-electron chi connectivity index (χ4n) is 3.85. The van der Waals surface area contributed by atoms with Gasteiger partial charge in [0.1, 0.15) is 13.7 Å². The Bertz CT molecular complexity index is 570. The highest BCUT2D eigenvalue weighted by Gasteiger charge is 2.42. The molecule has 5 nitrogen and oxygen atoms in total. The van der Waals surface area contributed by atoms with E-state index in [-0.39, 0.29) is 6.42 Å². The van der Waals surface area contributed by atoms with Gasteiger partial charge in [-0.05, 0) is 51.2 Å². The highest BCUT2D eigenvalue weighted by molar-refractivity contribution is 6.90. The second kappa shape index (κ2) is 9.14. The van der Waals surface area contributed by atoms with Crippen molar-refractivity contribution < 1.29 is 19.4 Å². The highest BCUT2D eigenvalue weighted by atomic mass is 28.3. The van der Waals surface area contributed by atoms with Crippen molar-refractivity contribution >= 4 is 20.1 Å². The van der Waals surface area contributed by atoms with Gasteiger partial charge in [-0.25, -0.2) is 9.69 Å². The quantitative estimate of drug-likeness (QED) is 0.272. The van der Waals surface area contributed by atoms with E-state index in [0.717, 1.165) is 4.90 Å². The Labute approximate surface area is 166 Å². The van der Waals surface area contributed by atoms with Gasteiger partial charge in [0.15, 0.2) is 0 Å². The van der Waals surface area contributed by atoms with Gasteiger partial charge in [0.05, 0.1) is 12.0 Å². The Morgan fingerprint density at radius 1 is 0.963 bits per heavy atom. The molecule has 0 bridgehead atoms. The summed E-state index contributed by atoms with van der Waals surface area (Å²) in [6, 6.07) is 2.95. The van der Waals surface area contributed by atoms with Crippen LogP contribution in [0.5, 0.6) is 0 Å². The molecule has 27 heavy (non-hydrogen) atoms. The molecule has 0 heterocycles. The van der Waals surface area contributed by atoms with Crippen LogP contribution in [-0.4, -0.2) is 41.3 Å². The minimum atomic E-state index is -2.08. The van der Waals surface area contributed by atoms with Crippen molar-refractivity contribution in [1.82, 2.24) is 4.90 Å². The summed E-state index contributed by atoms with van der Waals surface area (Å²) in [6.45, 7) is 21.9. The third kappa shape index (κ3) is 6.88. The summed E-state index contributed by atoms with van der Waals surface area (Å²) in [5.41, 5.74) is 3.03. The van der Waals surface area contributed by atoms with E-state index in [9.17, 15) is 14.7 Å². The molecule has 0 aliphatic heterocycles. The number of carbonyl (C=O) groups excluding carboxylic acids is 1.